The van der Waals surface area contributed by atoms with Crippen LogP contribution in [0.2, 0.25) is 0 Å². The van der Waals surface area contributed by atoms with Gasteiger partial charge in [-0.2, -0.15) is 0 Å². The highest BCUT2D eigenvalue weighted by atomic mass is 19.1. The first-order chi connectivity index (χ1) is 6.27. The maximum absolute atomic E-state index is 12.8. The molecule has 0 bridgehead atoms. The van der Waals surface area contributed by atoms with Crippen LogP contribution in [-0.4, -0.2) is 11.7 Å². The number of hydrogen-bond donors (Lipinski definition) is 1. The van der Waals surface area contributed by atoms with Gasteiger partial charge in [0.1, 0.15) is 5.82 Å². The van der Waals surface area contributed by atoms with Gasteiger partial charge in [0.25, 0.3) is 0 Å². The highest BCUT2D eigenvalue weighted by molar-refractivity contribution is 5.20. The van der Waals surface area contributed by atoms with Crippen molar-refractivity contribution in [2.24, 2.45) is 0 Å². The average molecular weight is 182 g/mol. The normalized spacial score (nSPS) is 12.8. The predicted octanol–water partition coefficient (Wildman–Crippen LogP) is 2.70. The smallest absolute Gasteiger partial charge is 0.123 e. The Morgan fingerprint density at radius 1 is 1.46 bits per heavy atom. The minimum absolute atomic E-state index is 0.162. The molecule has 0 fully saturated rings. The van der Waals surface area contributed by atoms with Crippen LogP contribution in [0.3, 0.4) is 0 Å². The third-order valence-corrected chi connectivity index (χ3v) is 2.29. The molecule has 0 aliphatic rings. The van der Waals surface area contributed by atoms with Crippen LogP contribution in [-0.2, 0) is 0 Å². The number of aliphatic hydroxyl groups is 1. The molecule has 1 atom stereocenters. The van der Waals surface area contributed by atoms with E-state index in [0.717, 1.165) is 12.0 Å². The predicted molar refractivity (Wildman–Crippen MR) is 51.1 cm³/mol. The summed E-state index contributed by atoms with van der Waals surface area (Å²) in [6, 6.07) is 6.61. The van der Waals surface area contributed by atoms with Gasteiger partial charge in [0.2, 0.25) is 0 Å². The Bertz CT molecular complexity index is 260. The third kappa shape index (κ3) is 2.81. The number of benzene rings is 1. The summed E-state index contributed by atoms with van der Waals surface area (Å²) in [5.74, 6) is 0.0783. The van der Waals surface area contributed by atoms with E-state index in [9.17, 15) is 4.39 Å². The Balaban J connectivity index is 2.78. The first-order valence-electron chi connectivity index (χ1n) is 4.64. The Kier molecular flexibility index (Phi) is 3.90. The van der Waals surface area contributed by atoms with Gasteiger partial charge in [0.05, 0.1) is 0 Å². The van der Waals surface area contributed by atoms with E-state index in [1.54, 1.807) is 12.1 Å². The zero-order valence-corrected chi connectivity index (χ0v) is 7.83. The van der Waals surface area contributed by atoms with Crippen LogP contribution in [0.4, 0.5) is 4.39 Å². The first-order valence-corrected chi connectivity index (χ1v) is 4.64. The molecule has 1 unspecified atom stereocenters. The Morgan fingerprint density at radius 3 is 2.77 bits per heavy atom. The molecule has 0 aromatic heterocycles. The quantitative estimate of drug-likeness (QED) is 0.759. The van der Waals surface area contributed by atoms with Crippen molar-refractivity contribution < 1.29 is 9.50 Å². The van der Waals surface area contributed by atoms with Gasteiger partial charge in [-0.15, -0.1) is 0 Å². The summed E-state index contributed by atoms with van der Waals surface area (Å²) in [7, 11) is 0. The van der Waals surface area contributed by atoms with Crippen molar-refractivity contribution in [3.8, 4) is 0 Å². The molecule has 0 spiro atoms. The number of hydrogen-bond acceptors (Lipinski definition) is 1. The van der Waals surface area contributed by atoms with Crippen molar-refractivity contribution in [2.75, 3.05) is 6.61 Å². The highest BCUT2D eigenvalue weighted by Crippen LogP contribution is 2.23. The summed E-state index contributed by atoms with van der Waals surface area (Å²) in [6.07, 6.45) is 1.64. The van der Waals surface area contributed by atoms with E-state index >= 15 is 0 Å². The SMILES string of the molecule is CCC(CCO)c1cccc(F)c1. The van der Waals surface area contributed by atoms with Crippen LogP contribution >= 0.6 is 0 Å². The van der Waals surface area contributed by atoms with Crippen molar-refractivity contribution in [3.05, 3.63) is 35.6 Å². The van der Waals surface area contributed by atoms with Crippen molar-refractivity contribution >= 4 is 0 Å². The van der Waals surface area contributed by atoms with E-state index in [1.807, 2.05) is 13.0 Å². The molecule has 0 amide bonds. The summed E-state index contributed by atoms with van der Waals surface area (Å²) in [5, 5.41) is 8.80. The lowest BCUT2D eigenvalue weighted by molar-refractivity contribution is 0.274. The van der Waals surface area contributed by atoms with E-state index in [-0.39, 0.29) is 18.3 Å². The largest absolute Gasteiger partial charge is 0.396 e. The third-order valence-electron chi connectivity index (χ3n) is 2.29. The number of halogens is 1. The van der Waals surface area contributed by atoms with E-state index in [4.69, 9.17) is 5.11 Å². The summed E-state index contributed by atoms with van der Waals surface area (Å²) in [4.78, 5) is 0. The second-order valence-electron chi connectivity index (χ2n) is 3.17. The molecule has 0 saturated heterocycles. The minimum Gasteiger partial charge on any atom is -0.396 e. The summed E-state index contributed by atoms with van der Waals surface area (Å²) in [5.41, 5.74) is 0.983. The van der Waals surface area contributed by atoms with Crippen LogP contribution in [0, 0.1) is 5.82 Å². The first kappa shape index (κ1) is 10.2. The van der Waals surface area contributed by atoms with Crippen molar-refractivity contribution in [3.63, 3.8) is 0 Å². The van der Waals surface area contributed by atoms with E-state index in [0.29, 0.717) is 6.42 Å². The molecule has 1 rings (SSSR count). The molecule has 1 aromatic carbocycles. The molecular formula is C11H15FO. The molecule has 0 heterocycles. The van der Waals surface area contributed by atoms with Crippen LogP contribution in [0.1, 0.15) is 31.2 Å². The second kappa shape index (κ2) is 4.97. The molecule has 1 aromatic rings. The lowest BCUT2D eigenvalue weighted by Gasteiger charge is -2.13. The van der Waals surface area contributed by atoms with Gasteiger partial charge in [0.15, 0.2) is 0 Å². The maximum Gasteiger partial charge on any atom is 0.123 e. The van der Waals surface area contributed by atoms with Crippen LogP contribution < -0.4 is 0 Å². The lowest BCUT2D eigenvalue weighted by Crippen LogP contribution is -2.00. The second-order valence-corrected chi connectivity index (χ2v) is 3.17. The fourth-order valence-corrected chi connectivity index (χ4v) is 1.52. The molecule has 1 N–H and O–H groups in total. The molecule has 0 aliphatic heterocycles. The molecule has 0 aliphatic carbocycles. The van der Waals surface area contributed by atoms with Gasteiger partial charge >= 0.3 is 0 Å². The molecule has 0 saturated carbocycles. The van der Waals surface area contributed by atoms with Gasteiger partial charge in [-0.3, -0.25) is 0 Å². The van der Waals surface area contributed by atoms with Crippen LogP contribution in [0.25, 0.3) is 0 Å². The van der Waals surface area contributed by atoms with Gasteiger partial charge < -0.3 is 5.11 Å². The maximum atomic E-state index is 12.8. The number of aliphatic hydroxyl groups excluding tert-OH is 1. The monoisotopic (exact) mass is 182 g/mol. The van der Waals surface area contributed by atoms with Gasteiger partial charge in [-0.1, -0.05) is 19.1 Å². The van der Waals surface area contributed by atoms with E-state index < -0.39 is 0 Å². The Labute approximate surface area is 78.2 Å². The van der Waals surface area contributed by atoms with Crippen molar-refractivity contribution in [1.29, 1.82) is 0 Å². The summed E-state index contributed by atoms with van der Waals surface area (Å²) < 4.78 is 12.8. The fraction of sp³-hybridized carbons (Fsp3) is 0.455. The molecule has 0 radical (unpaired) electrons. The fourth-order valence-electron chi connectivity index (χ4n) is 1.52. The van der Waals surface area contributed by atoms with E-state index in [2.05, 4.69) is 0 Å². The number of rotatable bonds is 4. The summed E-state index contributed by atoms with van der Waals surface area (Å²) in [6.45, 7) is 2.21. The lowest BCUT2D eigenvalue weighted by atomic mass is 9.94. The summed E-state index contributed by atoms with van der Waals surface area (Å²) >= 11 is 0. The van der Waals surface area contributed by atoms with Gasteiger partial charge in [-0.05, 0) is 36.5 Å². The van der Waals surface area contributed by atoms with Crippen molar-refractivity contribution in [1.82, 2.24) is 0 Å². The minimum atomic E-state index is -0.200. The zero-order valence-electron chi connectivity index (χ0n) is 7.83. The standard InChI is InChI=1S/C11H15FO/c1-2-9(6-7-13)10-4-3-5-11(12)8-10/h3-5,8-9,13H,2,6-7H2,1H3. The molecule has 13 heavy (non-hydrogen) atoms. The topological polar surface area (TPSA) is 20.2 Å². The Morgan fingerprint density at radius 2 is 2.23 bits per heavy atom. The molecule has 72 valence electrons. The zero-order chi connectivity index (χ0) is 9.68. The molecule has 1 nitrogen and oxygen atoms in total. The van der Waals surface area contributed by atoms with Gasteiger partial charge in [-0.25, -0.2) is 4.39 Å². The Hall–Kier alpha value is -0.890. The van der Waals surface area contributed by atoms with Crippen LogP contribution in [0.15, 0.2) is 24.3 Å². The van der Waals surface area contributed by atoms with Crippen LogP contribution in [0.5, 0.6) is 0 Å². The highest BCUT2D eigenvalue weighted by Gasteiger charge is 2.08. The van der Waals surface area contributed by atoms with Gasteiger partial charge in [0, 0.05) is 6.61 Å². The van der Waals surface area contributed by atoms with E-state index in [1.165, 1.54) is 6.07 Å². The molecule has 2 heteroatoms. The average Bonchev–Trinajstić information content (AvgIpc) is 2.14. The van der Waals surface area contributed by atoms with Crippen molar-refractivity contribution in [2.45, 2.75) is 25.7 Å². The molecular weight excluding hydrogens is 167 g/mol.